The van der Waals surface area contributed by atoms with E-state index in [0.29, 0.717) is 10.8 Å². The molecule has 0 radical (unpaired) electrons. The Labute approximate surface area is 125 Å². The van der Waals surface area contributed by atoms with Gasteiger partial charge in [-0.1, -0.05) is 32.4 Å². The third-order valence-corrected chi connectivity index (χ3v) is 8.50. The average Bonchev–Trinajstić information content (AvgIpc) is 2.74. The Hall–Kier alpha value is -0.260. The summed E-state index contributed by atoms with van der Waals surface area (Å²) in [4.78, 5) is 0. The van der Waals surface area contributed by atoms with Crippen LogP contribution in [0.2, 0.25) is 0 Å². The summed E-state index contributed by atoms with van der Waals surface area (Å²) in [7, 11) is 0. The molecule has 3 saturated carbocycles. The molecule has 4 aliphatic rings. The molecule has 4 aliphatic carbocycles. The van der Waals surface area contributed by atoms with Gasteiger partial charge in [0.15, 0.2) is 0 Å². The van der Waals surface area contributed by atoms with Gasteiger partial charge in [-0.15, -0.1) is 0 Å². The van der Waals surface area contributed by atoms with Crippen molar-refractivity contribution in [3.63, 3.8) is 0 Å². The summed E-state index contributed by atoms with van der Waals surface area (Å²) < 4.78 is 0. The zero-order valence-electron chi connectivity index (χ0n) is 13.8. The molecule has 4 rings (SSSR count). The van der Waals surface area contributed by atoms with E-state index in [1.807, 2.05) is 5.57 Å². The minimum absolute atomic E-state index is 0.592. The normalized spacial score (nSPS) is 54.6. The molecule has 6 atom stereocenters. The second-order valence-corrected chi connectivity index (χ2v) is 8.98. The Bertz CT molecular complexity index is 433. The summed E-state index contributed by atoms with van der Waals surface area (Å²) in [5, 5.41) is 0. The maximum absolute atomic E-state index is 2.64. The third-order valence-electron chi connectivity index (χ3n) is 8.50. The first kappa shape index (κ1) is 13.4. The summed E-state index contributed by atoms with van der Waals surface area (Å²) in [5.74, 6) is 4.10. The molecular formula is C20H32. The van der Waals surface area contributed by atoms with Gasteiger partial charge < -0.3 is 0 Å². The van der Waals surface area contributed by atoms with Crippen molar-refractivity contribution < 1.29 is 0 Å². The number of allylic oxidation sites excluding steroid dienone is 2. The van der Waals surface area contributed by atoms with Gasteiger partial charge in [-0.2, -0.15) is 0 Å². The largest absolute Gasteiger partial charge is 0.0848 e. The molecule has 0 spiro atoms. The molecule has 0 bridgehead atoms. The van der Waals surface area contributed by atoms with E-state index < -0.39 is 0 Å². The van der Waals surface area contributed by atoms with Crippen LogP contribution in [0, 0.1) is 34.5 Å². The van der Waals surface area contributed by atoms with Crippen molar-refractivity contribution in [1.82, 2.24) is 0 Å². The Morgan fingerprint density at radius 3 is 2.70 bits per heavy atom. The molecule has 0 N–H and O–H groups in total. The van der Waals surface area contributed by atoms with Crippen LogP contribution in [-0.2, 0) is 0 Å². The molecule has 3 fully saturated rings. The Morgan fingerprint density at radius 2 is 1.85 bits per heavy atom. The van der Waals surface area contributed by atoms with Gasteiger partial charge in [-0.25, -0.2) is 0 Å². The molecule has 0 amide bonds. The molecule has 0 aromatic carbocycles. The first-order valence-corrected chi connectivity index (χ1v) is 9.25. The molecule has 0 heterocycles. The van der Waals surface area contributed by atoms with Gasteiger partial charge in [0.2, 0.25) is 0 Å². The first-order chi connectivity index (χ1) is 9.56. The molecule has 20 heavy (non-hydrogen) atoms. The quantitative estimate of drug-likeness (QED) is 0.476. The highest BCUT2D eigenvalue weighted by atomic mass is 14.6. The molecule has 5 unspecified atom stereocenters. The van der Waals surface area contributed by atoms with E-state index >= 15 is 0 Å². The highest BCUT2D eigenvalue weighted by molar-refractivity contribution is 5.23. The predicted molar refractivity (Wildman–Crippen MR) is 85.5 cm³/mol. The van der Waals surface area contributed by atoms with Crippen LogP contribution in [0.15, 0.2) is 11.6 Å². The van der Waals surface area contributed by atoms with Crippen molar-refractivity contribution in [3.8, 4) is 0 Å². The lowest BCUT2D eigenvalue weighted by atomic mass is 9.47. The molecule has 0 aromatic heterocycles. The maximum atomic E-state index is 2.64. The molecule has 112 valence electrons. The number of hydrogen-bond donors (Lipinski definition) is 0. The summed E-state index contributed by atoms with van der Waals surface area (Å²) in [6, 6.07) is 0. The molecule has 0 aromatic rings. The summed E-state index contributed by atoms with van der Waals surface area (Å²) >= 11 is 0. The van der Waals surface area contributed by atoms with Crippen LogP contribution < -0.4 is 0 Å². The summed E-state index contributed by atoms with van der Waals surface area (Å²) in [6.45, 7) is 7.81. The minimum Gasteiger partial charge on any atom is -0.0848 e. The van der Waals surface area contributed by atoms with Crippen molar-refractivity contribution in [1.29, 1.82) is 0 Å². The summed E-state index contributed by atoms with van der Waals surface area (Å²) in [5.41, 5.74) is 3.14. The van der Waals surface area contributed by atoms with Crippen LogP contribution in [0.5, 0.6) is 0 Å². The van der Waals surface area contributed by atoms with Gasteiger partial charge in [-0.3, -0.25) is 0 Å². The van der Waals surface area contributed by atoms with Crippen LogP contribution in [0.3, 0.4) is 0 Å². The van der Waals surface area contributed by atoms with Gasteiger partial charge in [0.1, 0.15) is 0 Å². The number of hydrogen-bond acceptors (Lipinski definition) is 0. The van der Waals surface area contributed by atoms with E-state index in [1.165, 1.54) is 57.8 Å². The fourth-order valence-corrected chi connectivity index (χ4v) is 7.02. The average molecular weight is 272 g/mol. The van der Waals surface area contributed by atoms with E-state index in [2.05, 4.69) is 26.8 Å². The van der Waals surface area contributed by atoms with Gasteiger partial charge in [0.05, 0.1) is 0 Å². The zero-order valence-corrected chi connectivity index (χ0v) is 13.8. The topological polar surface area (TPSA) is 0 Å². The van der Waals surface area contributed by atoms with E-state index in [4.69, 9.17) is 0 Å². The fourth-order valence-electron chi connectivity index (χ4n) is 7.02. The van der Waals surface area contributed by atoms with E-state index in [0.717, 1.165) is 23.7 Å². The van der Waals surface area contributed by atoms with Gasteiger partial charge in [-0.05, 0) is 92.3 Å². The Balaban J connectivity index is 1.68. The van der Waals surface area contributed by atoms with Gasteiger partial charge in [0, 0.05) is 0 Å². The lowest BCUT2D eigenvalue weighted by Gasteiger charge is -2.58. The van der Waals surface area contributed by atoms with Gasteiger partial charge in [0.25, 0.3) is 0 Å². The van der Waals surface area contributed by atoms with Crippen LogP contribution in [0.25, 0.3) is 0 Å². The van der Waals surface area contributed by atoms with E-state index in [9.17, 15) is 0 Å². The molecular weight excluding hydrogens is 240 g/mol. The zero-order chi connectivity index (χ0) is 14.0. The van der Waals surface area contributed by atoms with Crippen LogP contribution >= 0.6 is 0 Å². The van der Waals surface area contributed by atoms with Crippen molar-refractivity contribution in [3.05, 3.63) is 11.6 Å². The van der Waals surface area contributed by atoms with Crippen LogP contribution in [0.1, 0.15) is 78.6 Å². The second-order valence-electron chi connectivity index (χ2n) is 8.98. The number of fused-ring (bicyclic) bond motifs is 5. The molecule has 0 aliphatic heterocycles. The molecule has 0 nitrogen and oxygen atoms in total. The van der Waals surface area contributed by atoms with E-state index in [-0.39, 0.29) is 0 Å². The van der Waals surface area contributed by atoms with Crippen LogP contribution in [-0.4, -0.2) is 0 Å². The van der Waals surface area contributed by atoms with Crippen LogP contribution in [0.4, 0.5) is 0 Å². The summed E-state index contributed by atoms with van der Waals surface area (Å²) in [6.07, 6.45) is 15.9. The highest BCUT2D eigenvalue weighted by Gasteiger charge is 2.57. The first-order valence-electron chi connectivity index (χ1n) is 9.25. The van der Waals surface area contributed by atoms with Crippen molar-refractivity contribution in [2.75, 3.05) is 0 Å². The van der Waals surface area contributed by atoms with Gasteiger partial charge >= 0.3 is 0 Å². The Morgan fingerprint density at radius 1 is 1.00 bits per heavy atom. The Kier molecular flexibility index (Phi) is 2.93. The van der Waals surface area contributed by atoms with Crippen molar-refractivity contribution in [2.24, 2.45) is 34.5 Å². The second kappa shape index (κ2) is 4.37. The minimum atomic E-state index is 0.592. The number of rotatable bonds is 0. The maximum Gasteiger partial charge on any atom is -0.00853 e. The van der Waals surface area contributed by atoms with Crippen molar-refractivity contribution >= 4 is 0 Å². The lowest BCUT2D eigenvalue weighted by molar-refractivity contribution is -0.0486. The SMILES string of the molecule is CC1CC[C@H]2C3CCC4=CCCCC4(C)C3CCC12C. The predicted octanol–water partition coefficient (Wildman–Crippen LogP) is 5.98. The smallest absolute Gasteiger partial charge is 0.00853 e. The van der Waals surface area contributed by atoms with E-state index in [1.54, 1.807) is 0 Å². The molecule has 0 heteroatoms. The fraction of sp³-hybridized carbons (Fsp3) is 0.900. The highest BCUT2D eigenvalue weighted by Crippen LogP contribution is 2.66. The lowest BCUT2D eigenvalue weighted by Crippen LogP contribution is -2.49. The standard InChI is InChI=1S/C20H32/c1-14-7-10-17-16-9-8-15-6-4-5-12-20(15,3)18(16)11-13-19(14,17)2/h6,14,16-18H,4-5,7-13H2,1-3H3/t14?,16?,17-,18?,19?,20?/m0/s1. The molecule has 0 saturated heterocycles. The monoisotopic (exact) mass is 272 g/mol. The third kappa shape index (κ3) is 1.60. The van der Waals surface area contributed by atoms with Crippen molar-refractivity contribution in [2.45, 2.75) is 78.6 Å².